The smallest absolute Gasteiger partial charge is 0.326 e. The van der Waals surface area contributed by atoms with Crippen molar-refractivity contribution in [3.05, 3.63) is 0 Å². The highest BCUT2D eigenvalue weighted by molar-refractivity contribution is 5.81. The lowest BCUT2D eigenvalue weighted by molar-refractivity contribution is -0.165. The zero-order valence-electron chi connectivity index (χ0n) is 20.1. The first kappa shape index (κ1) is 29.8. The fourth-order valence-electron chi connectivity index (χ4n) is 3.50. The maximum absolute atomic E-state index is 11.8. The Hall–Kier alpha value is -1.18. The van der Waals surface area contributed by atoms with Crippen LogP contribution in [0.5, 0.6) is 0 Å². The molecule has 0 saturated carbocycles. The molecule has 0 aliphatic rings. The van der Waals surface area contributed by atoms with E-state index >= 15 is 0 Å². The van der Waals surface area contributed by atoms with E-state index in [4.69, 9.17) is 14.9 Å². The number of hydrogen-bond acceptors (Lipinski definition) is 6. The van der Waals surface area contributed by atoms with Crippen molar-refractivity contribution in [2.45, 2.75) is 123 Å². The van der Waals surface area contributed by atoms with Gasteiger partial charge in [-0.3, -0.25) is 9.59 Å². The molecule has 0 aromatic heterocycles. The highest BCUT2D eigenvalue weighted by Gasteiger charge is 2.16. The van der Waals surface area contributed by atoms with Crippen molar-refractivity contribution in [1.29, 1.82) is 0 Å². The number of hydrogen-bond donors (Lipinski definition) is 3. The molecule has 31 heavy (non-hydrogen) atoms. The summed E-state index contributed by atoms with van der Waals surface area (Å²) in [4.78, 5) is 24.6. The van der Waals surface area contributed by atoms with Crippen LogP contribution in [-0.4, -0.2) is 53.2 Å². The van der Waals surface area contributed by atoms with E-state index in [0.29, 0.717) is 6.42 Å². The molecule has 1 unspecified atom stereocenters. The number of aliphatic hydroxyl groups excluding tert-OH is 2. The largest absolute Gasteiger partial charge is 0.445 e. The van der Waals surface area contributed by atoms with Gasteiger partial charge in [-0.2, -0.15) is 0 Å². The number of carbonyl (C=O) groups excluding carboxylic acids is 2. The number of ether oxygens (including phenoxy) is 1. The van der Waals surface area contributed by atoms with Gasteiger partial charge in [-0.25, -0.2) is 4.90 Å². The number of amides is 1. The molecular weight excluding hydrogens is 396 g/mol. The highest BCUT2D eigenvalue weighted by atomic mass is 16.6. The molecule has 0 saturated heterocycles. The van der Waals surface area contributed by atoms with Crippen LogP contribution in [0.25, 0.3) is 0 Å². The summed E-state index contributed by atoms with van der Waals surface area (Å²) in [6, 6.07) is 0. The van der Waals surface area contributed by atoms with Gasteiger partial charge in [-0.05, 0) is 13.3 Å². The van der Waals surface area contributed by atoms with E-state index in [2.05, 4.69) is 12.2 Å². The Morgan fingerprint density at radius 2 is 1.19 bits per heavy atom. The molecule has 7 heteroatoms. The van der Waals surface area contributed by atoms with Crippen LogP contribution in [0.2, 0.25) is 0 Å². The summed E-state index contributed by atoms with van der Waals surface area (Å²) in [6.07, 6.45) is 18.9. The van der Waals surface area contributed by atoms with Crippen LogP contribution < -0.4 is 5.32 Å². The monoisotopic (exact) mass is 444 g/mol. The molecule has 0 fully saturated rings. The van der Waals surface area contributed by atoms with Crippen molar-refractivity contribution in [2.75, 3.05) is 20.0 Å². The standard InChI is InChI=1S/C24H48N2O5/c1-3-4-5-6-7-8-9-10-11-12-13-14-15-16-17-18-23(29)25-19-24(30)31-22(2)26(20-27)21-28/h22,27-28H,3-21H2,1-2H3,(H,25,29). The van der Waals surface area contributed by atoms with Gasteiger partial charge in [0.2, 0.25) is 5.91 Å². The SMILES string of the molecule is CCCCCCCCCCCCCCCCCC(=O)NCC(=O)OC(C)N(CO)CO. The van der Waals surface area contributed by atoms with Gasteiger partial charge in [0.15, 0.2) is 6.23 Å². The minimum absolute atomic E-state index is 0.152. The quantitative estimate of drug-likeness (QED) is 0.130. The van der Waals surface area contributed by atoms with Crippen LogP contribution in [0.1, 0.15) is 117 Å². The minimum atomic E-state index is -0.755. The molecule has 0 heterocycles. The lowest BCUT2D eigenvalue weighted by Gasteiger charge is -2.24. The van der Waals surface area contributed by atoms with Crippen molar-refractivity contribution in [3.8, 4) is 0 Å². The molecule has 1 atom stereocenters. The van der Waals surface area contributed by atoms with Gasteiger partial charge < -0.3 is 20.3 Å². The third kappa shape index (κ3) is 19.2. The lowest BCUT2D eigenvalue weighted by atomic mass is 10.0. The van der Waals surface area contributed by atoms with E-state index in [-0.39, 0.29) is 12.5 Å². The molecule has 3 N–H and O–H groups in total. The second-order valence-electron chi connectivity index (χ2n) is 8.44. The number of unbranched alkanes of at least 4 members (excludes halogenated alkanes) is 14. The van der Waals surface area contributed by atoms with Crippen molar-refractivity contribution >= 4 is 11.9 Å². The zero-order chi connectivity index (χ0) is 23.2. The molecule has 0 aromatic rings. The Bertz CT molecular complexity index is 430. The topological polar surface area (TPSA) is 99.1 Å². The summed E-state index contributed by atoms with van der Waals surface area (Å²) in [5.41, 5.74) is 0. The molecule has 1 amide bonds. The first-order valence-corrected chi connectivity index (χ1v) is 12.5. The molecule has 0 aliphatic carbocycles. The van der Waals surface area contributed by atoms with Crippen LogP contribution in [0.15, 0.2) is 0 Å². The zero-order valence-corrected chi connectivity index (χ0v) is 20.1. The van der Waals surface area contributed by atoms with E-state index in [1.807, 2.05) is 0 Å². The van der Waals surface area contributed by atoms with Gasteiger partial charge in [0.25, 0.3) is 0 Å². The van der Waals surface area contributed by atoms with E-state index in [1.54, 1.807) is 6.92 Å². The molecule has 0 aromatic carbocycles. The van der Waals surface area contributed by atoms with Gasteiger partial charge >= 0.3 is 5.97 Å². The number of nitrogens with zero attached hydrogens (tertiary/aromatic N) is 1. The van der Waals surface area contributed by atoms with Crippen LogP contribution in [-0.2, 0) is 14.3 Å². The number of nitrogens with one attached hydrogen (secondary N) is 1. The number of esters is 1. The summed E-state index contributed by atoms with van der Waals surface area (Å²) in [7, 11) is 0. The van der Waals surface area contributed by atoms with Crippen LogP contribution in [0, 0.1) is 0 Å². The van der Waals surface area contributed by atoms with Crippen molar-refractivity contribution in [2.24, 2.45) is 0 Å². The predicted molar refractivity (Wildman–Crippen MR) is 124 cm³/mol. The molecule has 0 bridgehead atoms. The first-order valence-electron chi connectivity index (χ1n) is 12.5. The Labute approximate surface area is 189 Å². The second kappa shape index (κ2) is 22.0. The number of carbonyl (C=O) groups is 2. The van der Waals surface area contributed by atoms with Crippen LogP contribution >= 0.6 is 0 Å². The second-order valence-corrected chi connectivity index (χ2v) is 8.44. The van der Waals surface area contributed by atoms with Gasteiger partial charge in [0, 0.05) is 6.42 Å². The summed E-state index contributed by atoms with van der Waals surface area (Å²) >= 11 is 0. The minimum Gasteiger partial charge on any atom is -0.445 e. The van der Waals surface area contributed by atoms with Gasteiger partial charge in [-0.15, -0.1) is 0 Å². The third-order valence-corrected chi connectivity index (χ3v) is 5.62. The van der Waals surface area contributed by atoms with E-state index in [9.17, 15) is 9.59 Å². The normalized spacial score (nSPS) is 12.2. The molecule has 7 nitrogen and oxygen atoms in total. The number of rotatable bonds is 22. The van der Waals surface area contributed by atoms with E-state index < -0.39 is 25.7 Å². The Morgan fingerprint density at radius 3 is 1.61 bits per heavy atom. The van der Waals surface area contributed by atoms with Crippen molar-refractivity contribution in [1.82, 2.24) is 10.2 Å². The van der Waals surface area contributed by atoms with Crippen LogP contribution in [0.3, 0.4) is 0 Å². The molecule has 0 aliphatic heterocycles. The summed E-state index contributed by atoms with van der Waals surface area (Å²) in [5, 5.41) is 20.5. The Morgan fingerprint density at radius 1 is 0.774 bits per heavy atom. The lowest BCUT2D eigenvalue weighted by Crippen LogP contribution is -2.40. The number of aliphatic hydroxyl groups is 2. The maximum atomic E-state index is 11.8. The van der Waals surface area contributed by atoms with Gasteiger partial charge in [-0.1, -0.05) is 96.8 Å². The van der Waals surface area contributed by atoms with Gasteiger partial charge in [0.05, 0.1) is 0 Å². The third-order valence-electron chi connectivity index (χ3n) is 5.62. The molecular formula is C24H48N2O5. The van der Waals surface area contributed by atoms with Gasteiger partial charge in [0.1, 0.15) is 20.0 Å². The van der Waals surface area contributed by atoms with E-state index in [0.717, 1.165) is 24.2 Å². The van der Waals surface area contributed by atoms with E-state index in [1.165, 1.54) is 77.0 Å². The highest BCUT2D eigenvalue weighted by Crippen LogP contribution is 2.13. The predicted octanol–water partition coefficient (Wildman–Crippen LogP) is 4.45. The Kier molecular flexibility index (Phi) is 21.2. The van der Waals surface area contributed by atoms with Crippen molar-refractivity contribution in [3.63, 3.8) is 0 Å². The summed E-state index contributed by atoms with van der Waals surface area (Å²) < 4.78 is 5.03. The molecule has 0 radical (unpaired) electrons. The molecule has 0 rings (SSSR count). The fourth-order valence-corrected chi connectivity index (χ4v) is 3.50. The average molecular weight is 445 g/mol. The van der Waals surface area contributed by atoms with Crippen LogP contribution in [0.4, 0.5) is 0 Å². The molecule has 184 valence electrons. The first-order chi connectivity index (χ1) is 15.0. The Balaban J connectivity index is 3.42. The summed E-state index contributed by atoms with van der Waals surface area (Å²) in [5.74, 6) is -0.746. The summed E-state index contributed by atoms with van der Waals surface area (Å²) in [6.45, 7) is 2.76. The fraction of sp³-hybridized carbons (Fsp3) is 0.917. The molecule has 0 spiro atoms. The average Bonchev–Trinajstić information content (AvgIpc) is 2.75. The maximum Gasteiger partial charge on any atom is 0.326 e. The van der Waals surface area contributed by atoms with Crippen molar-refractivity contribution < 1.29 is 24.5 Å².